The summed E-state index contributed by atoms with van der Waals surface area (Å²) in [6.45, 7) is 2.89. The zero-order valence-corrected chi connectivity index (χ0v) is 13.8. The van der Waals surface area contributed by atoms with Crippen LogP contribution >= 0.6 is 39.1 Å². The molecule has 0 saturated heterocycles. The summed E-state index contributed by atoms with van der Waals surface area (Å²) in [7, 11) is 0. The Labute approximate surface area is 135 Å². The minimum absolute atomic E-state index is 0.392. The highest BCUT2D eigenvalue weighted by Gasteiger charge is 2.12. The SMILES string of the molecule is CCCNc1ncnc(Oc2ccc(Cl)cc2Cl)c1Br. The van der Waals surface area contributed by atoms with Crippen LogP contribution in [-0.4, -0.2) is 16.5 Å². The van der Waals surface area contributed by atoms with E-state index < -0.39 is 0 Å². The summed E-state index contributed by atoms with van der Waals surface area (Å²) in [5, 5.41) is 4.15. The van der Waals surface area contributed by atoms with E-state index in [9.17, 15) is 0 Å². The topological polar surface area (TPSA) is 47.0 Å². The molecule has 2 rings (SSSR count). The fourth-order valence-corrected chi connectivity index (χ4v) is 2.33. The lowest BCUT2D eigenvalue weighted by Gasteiger charge is -2.11. The third-order valence-electron chi connectivity index (χ3n) is 2.40. The minimum atomic E-state index is 0.392. The van der Waals surface area contributed by atoms with E-state index in [1.807, 2.05) is 0 Å². The van der Waals surface area contributed by atoms with Crippen LogP contribution in [0, 0.1) is 0 Å². The van der Waals surface area contributed by atoms with E-state index in [1.54, 1.807) is 18.2 Å². The van der Waals surface area contributed by atoms with Crippen LogP contribution in [0.1, 0.15) is 13.3 Å². The molecule has 0 radical (unpaired) electrons. The summed E-state index contributed by atoms with van der Waals surface area (Å²) in [4.78, 5) is 8.25. The van der Waals surface area contributed by atoms with Crippen molar-refractivity contribution in [1.29, 1.82) is 0 Å². The van der Waals surface area contributed by atoms with Crippen molar-refractivity contribution in [2.75, 3.05) is 11.9 Å². The van der Waals surface area contributed by atoms with Crippen molar-refractivity contribution in [2.45, 2.75) is 13.3 Å². The van der Waals surface area contributed by atoms with Crippen LogP contribution in [0.2, 0.25) is 10.0 Å². The van der Waals surface area contributed by atoms with Gasteiger partial charge in [-0.2, -0.15) is 0 Å². The summed E-state index contributed by atoms with van der Waals surface area (Å²) < 4.78 is 6.34. The van der Waals surface area contributed by atoms with E-state index in [-0.39, 0.29) is 0 Å². The first kappa shape index (κ1) is 15.4. The van der Waals surface area contributed by atoms with E-state index in [0.29, 0.717) is 32.0 Å². The molecule has 1 aromatic heterocycles. The number of ether oxygens (including phenoxy) is 1. The fourth-order valence-electron chi connectivity index (χ4n) is 1.45. The van der Waals surface area contributed by atoms with Gasteiger partial charge in [-0.25, -0.2) is 9.97 Å². The lowest BCUT2D eigenvalue weighted by atomic mass is 10.3. The Hall–Kier alpha value is -1.04. The summed E-state index contributed by atoms with van der Waals surface area (Å²) >= 11 is 15.3. The molecule has 0 fully saturated rings. The molecule has 1 N–H and O–H groups in total. The highest BCUT2D eigenvalue weighted by atomic mass is 79.9. The molecule has 0 atom stereocenters. The van der Waals surface area contributed by atoms with Gasteiger partial charge in [0.25, 0.3) is 0 Å². The highest BCUT2D eigenvalue weighted by Crippen LogP contribution is 2.35. The fraction of sp³-hybridized carbons (Fsp3) is 0.231. The average Bonchev–Trinajstić information content (AvgIpc) is 2.42. The van der Waals surface area contributed by atoms with Crippen molar-refractivity contribution in [3.8, 4) is 11.6 Å². The molecule has 0 amide bonds. The maximum absolute atomic E-state index is 6.07. The minimum Gasteiger partial charge on any atom is -0.436 e. The molecule has 0 aliphatic carbocycles. The van der Waals surface area contributed by atoms with Crippen molar-refractivity contribution in [1.82, 2.24) is 9.97 Å². The second-order valence-electron chi connectivity index (χ2n) is 3.94. The molecule has 1 aromatic carbocycles. The standard InChI is InChI=1S/C13H12BrCl2N3O/c1-2-5-17-12-11(14)13(19-7-18-12)20-10-4-3-8(15)6-9(10)16/h3-4,6-7H,2,5H2,1H3,(H,17,18,19). The molecule has 1 heterocycles. The van der Waals surface area contributed by atoms with Crippen molar-refractivity contribution < 1.29 is 4.74 Å². The largest absolute Gasteiger partial charge is 0.436 e. The van der Waals surface area contributed by atoms with Crippen LogP contribution < -0.4 is 10.1 Å². The summed E-state index contributed by atoms with van der Waals surface area (Å²) in [5.41, 5.74) is 0. The molecule has 0 aliphatic heterocycles. The first-order chi connectivity index (χ1) is 9.61. The summed E-state index contributed by atoms with van der Waals surface area (Å²) in [6, 6.07) is 5.01. The molecular weight excluding hydrogens is 365 g/mol. The zero-order chi connectivity index (χ0) is 14.5. The van der Waals surface area contributed by atoms with Crippen molar-refractivity contribution in [2.24, 2.45) is 0 Å². The molecule has 0 spiro atoms. The third-order valence-corrected chi connectivity index (χ3v) is 3.65. The number of nitrogens with zero attached hydrogens (tertiary/aromatic N) is 2. The monoisotopic (exact) mass is 375 g/mol. The molecule has 0 unspecified atom stereocenters. The second kappa shape index (κ2) is 7.11. The zero-order valence-electron chi connectivity index (χ0n) is 10.7. The van der Waals surface area contributed by atoms with Gasteiger partial charge in [-0.1, -0.05) is 30.1 Å². The summed E-state index contributed by atoms with van der Waals surface area (Å²) in [5.74, 6) is 1.56. The summed E-state index contributed by atoms with van der Waals surface area (Å²) in [6.07, 6.45) is 2.43. The molecule has 20 heavy (non-hydrogen) atoms. The molecular formula is C13H12BrCl2N3O. The van der Waals surface area contributed by atoms with Crippen molar-refractivity contribution in [3.05, 3.63) is 39.0 Å². The molecule has 106 valence electrons. The van der Waals surface area contributed by atoms with Crippen LogP contribution in [-0.2, 0) is 0 Å². The van der Waals surface area contributed by atoms with Crippen LogP contribution in [0.25, 0.3) is 0 Å². The van der Waals surface area contributed by atoms with E-state index in [4.69, 9.17) is 27.9 Å². The van der Waals surface area contributed by atoms with Gasteiger partial charge in [0.15, 0.2) is 0 Å². The smallest absolute Gasteiger partial charge is 0.238 e. The van der Waals surface area contributed by atoms with E-state index >= 15 is 0 Å². The van der Waals surface area contributed by atoms with Gasteiger partial charge in [0.1, 0.15) is 22.4 Å². The van der Waals surface area contributed by atoms with Gasteiger partial charge in [-0.3, -0.25) is 0 Å². The number of benzene rings is 1. The first-order valence-corrected chi connectivity index (χ1v) is 7.54. The van der Waals surface area contributed by atoms with Gasteiger partial charge in [0.05, 0.1) is 5.02 Å². The van der Waals surface area contributed by atoms with E-state index in [2.05, 4.69) is 38.1 Å². The molecule has 7 heteroatoms. The van der Waals surface area contributed by atoms with Crippen molar-refractivity contribution in [3.63, 3.8) is 0 Å². The quantitative estimate of drug-likeness (QED) is 0.782. The predicted octanol–water partition coefficient (Wildman–Crippen LogP) is 5.16. The van der Waals surface area contributed by atoms with Crippen molar-refractivity contribution >= 4 is 44.9 Å². The van der Waals surface area contributed by atoms with Gasteiger partial charge in [0, 0.05) is 11.6 Å². The number of hydrogen-bond acceptors (Lipinski definition) is 4. The number of hydrogen-bond donors (Lipinski definition) is 1. The first-order valence-electron chi connectivity index (χ1n) is 5.99. The Morgan fingerprint density at radius 3 is 2.80 bits per heavy atom. The molecule has 0 saturated carbocycles. The van der Waals surface area contributed by atoms with Crippen LogP contribution in [0.5, 0.6) is 11.6 Å². The van der Waals surface area contributed by atoms with Crippen LogP contribution in [0.3, 0.4) is 0 Å². The molecule has 4 nitrogen and oxygen atoms in total. The van der Waals surface area contributed by atoms with Gasteiger partial charge in [-0.05, 0) is 40.5 Å². The van der Waals surface area contributed by atoms with Gasteiger partial charge in [-0.15, -0.1) is 0 Å². The Bertz CT molecular complexity index is 610. The predicted molar refractivity (Wildman–Crippen MR) is 85.0 cm³/mol. The molecule has 2 aromatic rings. The Morgan fingerprint density at radius 2 is 2.10 bits per heavy atom. The van der Waals surface area contributed by atoms with Gasteiger partial charge < -0.3 is 10.1 Å². The number of halogens is 3. The maximum Gasteiger partial charge on any atom is 0.238 e. The Morgan fingerprint density at radius 1 is 1.30 bits per heavy atom. The van der Waals surface area contributed by atoms with Crippen LogP contribution in [0.4, 0.5) is 5.82 Å². The van der Waals surface area contributed by atoms with E-state index in [1.165, 1.54) is 6.33 Å². The number of rotatable bonds is 5. The second-order valence-corrected chi connectivity index (χ2v) is 5.58. The van der Waals surface area contributed by atoms with E-state index in [0.717, 1.165) is 13.0 Å². The molecule has 0 bridgehead atoms. The third kappa shape index (κ3) is 3.75. The number of aromatic nitrogens is 2. The lowest BCUT2D eigenvalue weighted by Crippen LogP contribution is -2.04. The van der Waals surface area contributed by atoms with Crippen LogP contribution in [0.15, 0.2) is 29.0 Å². The molecule has 0 aliphatic rings. The highest BCUT2D eigenvalue weighted by molar-refractivity contribution is 9.10. The number of anilines is 1. The van der Waals surface area contributed by atoms with Gasteiger partial charge in [0.2, 0.25) is 5.88 Å². The Balaban J connectivity index is 2.24. The Kier molecular flexibility index (Phi) is 5.46. The number of nitrogens with one attached hydrogen (secondary N) is 1. The average molecular weight is 377 g/mol. The maximum atomic E-state index is 6.07. The normalized spacial score (nSPS) is 10.4. The van der Waals surface area contributed by atoms with Gasteiger partial charge >= 0.3 is 0 Å². The lowest BCUT2D eigenvalue weighted by molar-refractivity contribution is 0.458.